The summed E-state index contributed by atoms with van der Waals surface area (Å²) >= 11 is 0. The van der Waals surface area contributed by atoms with Crippen LogP contribution in [0.25, 0.3) is 10.9 Å². The zero-order valence-corrected chi connectivity index (χ0v) is 21.0. The number of amides is 1. The number of nitrogens with zero attached hydrogens (tertiary/aromatic N) is 2. The first-order valence-electron chi connectivity index (χ1n) is 12.9. The van der Waals surface area contributed by atoms with Gasteiger partial charge in [0.05, 0.1) is 12.1 Å². The first-order valence-corrected chi connectivity index (χ1v) is 12.9. The van der Waals surface area contributed by atoms with Gasteiger partial charge >= 0.3 is 0 Å². The summed E-state index contributed by atoms with van der Waals surface area (Å²) in [5, 5.41) is 4.25. The van der Waals surface area contributed by atoms with Gasteiger partial charge in [-0.15, -0.1) is 0 Å². The van der Waals surface area contributed by atoms with Crippen LogP contribution in [0.5, 0.6) is 5.75 Å². The molecule has 1 saturated heterocycles. The van der Waals surface area contributed by atoms with Gasteiger partial charge in [0.1, 0.15) is 5.75 Å². The molecule has 3 aromatic rings. The van der Waals surface area contributed by atoms with Crippen LogP contribution >= 0.6 is 0 Å². The van der Waals surface area contributed by atoms with E-state index in [9.17, 15) is 9.59 Å². The molecule has 1 amide bonds. The fourth-order valence-electron chi connectivity index (χ4n) is 4.80. The number of rotatable bonds is 10. The molecule has 2 aromatic carbocycles. The third-order valence-electron chi connectivity index (χ3n) is 6.87. The van der Waals surface area contributed by atoms with Gasteiger partial charge < -0.3 is 19.5 Å². The van der Waals surface area contributed by atoms with Gasteiger partial charge in [-0.25, -0.2) is 0 Å². The third-order valence-corrected chi connectivity index (χ3v) is 6.87. The number of benzene rings is 2. The first-order chi connectivity index (χ1) is 17.0. The van der Waals surface area contributed by atoms with E-state index in [0.717, 1.165) is 86.1 Å². The molecule has 6 heteroatoms. The SMILES string of the molecule is CCCCn1c(=O)cc(C)c2cc(OCCCN3CCC(NC(=O)c4ccccc4)CC3)ccc21. The maximum atomic E-state index is 12.5. The van der Waals surface area contributed by atoms with Gasteiger partial charge in [0, 0.05) is 49.2 Å². The highest BCUT2D eigenvalue weighted by atomic mass is 16.5. The smallest absolute Gasteiger partial charge is 0.251 e. The van der Waals surface area contributed by atoms with E-state index in [2.05, 4.69) is 23.2 Å². The van der Waals surface area contributed by atoms with Gasteiger partial charge in [-0.2, -0.15) is 0 Å². The van der Waals surface area contributed by atoms with E-state index in [4.69, 9.17) is 4.74 Å². The predicted octanol–water partition coefficient (Wildman–Crippen LogP) is 4.77. The number of fused-ring (bicyclic) bond motifs is 1. The van der Waals surface area contributed by atoms with Crippen LogP contribution in [0.2, 0.25) is 0 Å². The lowest BCUT2D eigenvalue weighted by molar-refractivity contribution is 0.0909. The average Bonchev–Trinajstić information content (AvgIpc) is 2.88. The molecule has 0 radical (unpaired) electrons. The summed E-state index contributed by atoms with van der Waals surface area (Å²) < 4.78 is 7.94. The monoisotopic (exact) mass is 475 g/mol. The second kappa shape index (κ2) is 12.0. The second-order valence-corrected chi connectivity index (χ2v) is 9.51. The molecule has 186 valence electrons. The molecule has 0 atom stereocenters. The van der Waals surface area contributed by atoms with Crippen molar-refractivity contribution in [2.24, 2.45) is 0 Å². The number of piperidine rings is 1. The third kappa shape index (κ3) is 6.51. The van der Waals surface area contributed by atoms with Gasteiger partial charge in [-0.05, 0) is 68.5 Å². The second-order valence-electron chi connectivity index (χ2n) is 9.51. The highest BCUT2D eigenvalue weighted by Gasteiger charge is 2.20. The van der Waals surface area contributed by atoms with E-state index in [1.165, 1.54) is 0 Å². The van der Waals surface area contributed by atoms with Crippen molar-refractivity contribution in [3.63, 3.8) is 0 Å². The lowest BCUT2D eigenvalue weighted by Crippen LogP contribution is -2.45. The highest BCUT2D eigenvalue weighted by molar-refractivity contribution is 5.94. The molecule has 0 saturated carbocycles. The minimum Gasteiger partial charge on any atom is -0.494 e. The number of unbranched alkanes of at least 4 members (excludes halogenated alkanes) is 1. The van der Waals surface area contributed by atoms with Crippen LogP contribution < -0.4 is 15.6 Å². The highest BCUT2D eigenvalue weighted by Crippen LogP contribution is 2.23. The van der Waals surface area contributed by atoms with Crippen LogP contribution in [0.15, 0.2) is 59.4 Å². The van der Waals surface area contributed by atoms with Crippen molar-refractivity contribution < 1.29 is 9.53 Å². The molecule has 2 heterocycles. The molecule has 0 aliphatic carbocycles. The maximum Gasteiger partial charge on any atom is 0.251 e. The number of carbonyl (C=O) groups excluding carboxylic acids is 1. The molecule has 35 heavy (non-hydrogen) atoms. The molecular formula is C29H37N3O3. The molecule has 1 aliphatic heterocycles. The lowest BCUT2D eigenvalue weighted by Gasteiger charge is -2.32. The van der Waals surface area contributed by atoms with Crippen LogP contribution in [0.3, 0.4) is 0 Å². The summed E-state index contributed by atoms with van der Waals surface area (Å²) in [6, 6.07) is 17.4. The Morgan fingerprint density at radius 2 is 1.80 bits per heavy atom. The number of nitrogens with one attached hydrogen (secondary N) is 1. The quantitative estimate of drug-likeness (QED) is 0.429. The van der Waals surface area contributed by atoms with E-state index < -0.39 is 0 Å². The van der Waals surface area contributed by atoms with Crippen molar-refractivity contribution >= 4 is 16.8 Å². The van der Waals surface area contributed by atoms with E-state index in [1.807, 2.05) is 54.0 Å². The predicted molar refractivity (Wildman–Crippen MR) is 141 cm³/mol. The molecule has 4 rings (SSSR count). The summed E-state index contributed by atoms with van der Waals surface area (Å²) in [4.78, 5) is 27.3. The number of ether oxygens (including phenoxy) is 1. The molecular weight excluding hydrogens is 438 g/mol. The molecule has 6 nitrogen and oxygen atoms in total. The number of pyridine rings is 1. The molecule has 1 fully saturated rings. The fraction of sp³-hybridized carbons (Fsp3) is 0.448. The van der Waals surface area contributed by atoms with Gasteiger partial charge in [0.15, 0.2) is 0 Å². The van der Waals surface area contributed by atoms with E-state index in [1.54, 1.807) is 6.07 Å². The Labute approximate surface area is 207 Å². The molecule has 0 spiro atoms. The Balaban J connectivity index is 1.22. The summed E-state index contributed by atoms with van der Waals surface area (Å²) in [6.45, 7) is 8.50. The lowest BCUT2D eigenvalue weighted by atomic mass is 10.0. The van der Waals surface area contributed by atoms with Crippen LogP contribution in [-0.2, 0) is 6.54 Å². The minimum absolute atomic E-state index is 0.0189. The largest absolute Gasteiger partial charge is 0.494 e. The number of aryl methyl sites for hydroxylation is 2. The Hall–Kier alpha value is -3.12. The number of aromatic nitrogens is 1. The molecule has 1 N–H and O–H groups in total. The standard InChI is InChI=1S/C29H37N3O3/c1-3-4-16-32-27-12-11-25(21-26(27)22(2)20-28(32)33)35-19-8-15-31-17-13-24(14-18-31)30-29(34)23-9-6-5-7-10-23/h5-7,9-12,20-21,24H,3-4,8,13-19H2,1-2H3,(H,30,34). The molecule has 1 aliphatic rings. The van der Waals surface area contributed by atoms with Crippen LogP contribution in [0.1, 0.15) is 54.9 Å². The minimum atomic E-state index is 0.0189. The zero-order valence-electron chi connectivity index (χ0n) is 21.0. The first kappa shape index (κ1) is 25.0. The van der Waals surface area contributed by atoms with Gasteiger partial charge in [-0.1, -0.05) is 31.5 Å². The van der Waals surface area contributed by atoms with Crippen molar-refractivity contribution in [1.29, 1.82) is 0 Å². The van der Waals surface area contributed by atoms with Crippen LogP contribution in [0.4, 0.5) is 0 Å². The summed E-state index contributed by atoms with van der Waals surface area (Å²) in [5.74, 6) is 0.869. The maximum absolute atomic E-state index is 12.5. The van der Waals surface area contributed by atoms with E-state index in [-0.39, 0.29) is 17.5 Å². The Kier molecular flexibility index (Phi) is 8.59. The van der Waals surface area contributed by atoms with E-state index in [0.29, 0.717) is 6.61 Å². The normalized spacial score (nSPS) is 14.8. The van der Waals surface area contributed by atoms with Crippen molar-refractivity contribution in [3.8, 4) is 5.75 Å². The van der Waals surface area contributed by atoms with Crippen molar-refractivity contribution in [1.82, 2.24) is 14.8 Å². The Morgan fingerprint density at radius 1 is 1.03 bits per heavy atom. The van der Waals surface area contributed by atoms with Crippen LogP contribution in [0, 0.1) is 6.92 Å². The van der Waals surface area contributed by atoms with Gasteiger partial charge in [-0.3, -0.25) is 9.59 Å². The molecule has 0 unspecified atom stereocenters. The summed E-state index contributed by atoms with van der Waals surface area (Å²) in [5.41, 5.74) is 2.77. The average molecular weight is 476 g/mol. The Morgan fingerprint density at radius 3 is 2.54 bits per heavy atom. The van der Waals surface area contributed by atoms with Gasteiger partial charge in [0.2, 0.25) is 0 Å². The fourth-order valence-corrected chi connectivity index (χ4v) is 4.80. The number of likely N-dealkylation sites (tertiary alicyclic amines) is 1. The number of hydrogen-bond donors (Lipinski definition) is 1. The van der Waals surface area contributed by atoms with Crippen LogP contribution in [-0.4, -0.2) is 47.7 Å². The van der Waals surface area contributed by atoms with E-state index >= 15 is 0 Å². The number of carbonyl (C=O) groups is 1. The zero-order chi connectivity index (χ0) is 24.6. The number of hydrogen-bond acceptors (Lipinski definition) is 4. The summed E-state index contributed by atoms with van der Waals surface area (Å²) in [7, 11) is 0. The van der Waals surface area contributed by atoms with Crippen molar-refractivity contribution in [2.75, 3.05) is 26.2 Å². The summed E-state index contributed by atoms with van der Waals surface area (Å²) in [6.07, 6.45) is 4.95. The topological polar surface area (TPSA) is 63.6 Å². The van der Waals surface area contributed by atoms with Crippen molar-refractivity contribution in [3.05, 3.63) is 76.1 Å². The van der Waals surface area contributed by atoms with Crippen molar-refractivity contribution in [2.45, 2.75) is 58.5 Å². The molecule has 0 bridgehead atoms. The Bertz CT molecular complexity index is 1180. The molecule has 1 aromatic heterocycles. The van der Waals surface area contributed by atoms with Gasteiger partial charge in [0.25, 0.3) is 11.5 Å².